The van der Waals surface area contributed by atoms with Gasteiger partial charge in [-0.3, -0.25) is 4.79 Å². The van der Waals surface area contributed by atoms with Gasteiger partial charge in [-0.25, -0.2) is 0 Å². The van der Waals surface area contributed by atoms with Gasteiger partial charge in [-0.1, -0.05) is 12.1 Å². The molecule has 1 N–H and O–H groups in total. The van der Waals surface area contributed by atoms with Crippen LogP contribution < -0.4 is 10.1 Å². The Labute approximate surface area is 129 Å². The predicted molar refractivity (Wildman–Crippen MR) is 83.5 cm³/mol. The van der Waals surface area contributed by atoms with Gasteiger partial charge < -0.3 is 19.2 Å². The van der Waals surface area contributed by atoms with Gasteiger partial charge in [0.25, 0.3) is 0 Å². The van der Waals surface area contributed by atoms with Gasteiger partial charge in [0.2, 0.25) is 5.91 Å². The Bertz CT molecular complexity index is 619. The molecule has 0 saturated carbocycles. The summed E-state index contributed by atoms with van der Waals surface area (Å²) in [5, 5.41) is 2.81. The molecule has 0 unspecified atom stereocenters. The van der Waals surface area contributed by atoms with E-state index in [1.54, 1.807) is 38.9 Å². The van der Waals surface area contributed by atoms with Crippen molar-refractivity contribution in [3.63, 3.8) is 0 Å². The van der Waals surface area contributed by atoms with Crippen LogP contribution in [0.1, 0.15) is 17.2 Å². The third-order valence-electron chi connectivity index (χ3n) is 3.18. The van der Waals surface area contributed by atoms with Gasteiger partial charge in [-0.05, 0) is 29.8 Å². The van der Waals surface area contributed by atoms with Crippen molar-refractivity contribution in [1.29, 1.82) is 0 Å². The number of hydrogen-bond donors (Lipinski definition) is 1. The largest absolute Gasteiger partial charge is 0.497 e. The molecule has 0 aliphatic carbocycles. The van der Waals surface area contributed by atoms with Crippen LogP contribution in [0.3, 0.4) is 0 Å². The molecule has 0 spiro atoms. The topological polar surface area (TPSA) is 60.7 Å². The maximum atomic E-state index is 11.8. The van der Waals surface area contributed by atoms with Gasteiger partial charge in [-0.2, -0.15) is 0 Å². The number of hydrogen-bond acceptors (Lipinski definition) is 4. The van der Waals surface area contributed by atoms with Crippen molar-refractivity contribution in [2.45, 2.75) is 6.10 Å². The van der Waals surface area contributed by atoms with Crippen molar-refractivity contribution in [1.82, 2.24) is 5.32 Å². The average Bonchev–Trinajstić information content (AvgIpc) is 3.07. The Hall–Kier alpha value is -2.53. The van der Waals surface area contributed by atoms with E-state index in [2.05, 4.69) is 5.32 Å². The third-order valence-corrected chi connectivity index (χ3v) is 3.18. The molecule has 116 valence electrons. The number of ether oxygens (including phenoxy) is 2. The molecular formula is C17H19NO4. The molecule has 1 atom stereocenters. The maximum Gasteiger partial charge on any atom is 0.244 e. The van der Waals surface area contributed by atoms with Gasteiger partial charge in [0.05, 0.1) is 25.7 Å². The Morgan fingerprint density at radius 1 is 1.36 bits per heavy atom. The number of methoxy groups -OCH3 is 2. The number of rotatable bonds is 7. The summed E-state index contributed by atoms with van der Waals surface area (Å²) in [5.41, 5.74) is 1.78. The van der Waals surface area contributed by atoms with E-state index in [4.69, 9.17) is 13.9 Å². The van der Waals surface area contributed by atoms with E-state index in [1.165, 1.54) is 6.08 Å². The highest BCUT2D eigenvalue weighted by Crippen LogP contribution is 2.20. The monoisotopic (exact) mass is 301 g/mol. The van der Waals surface area contributed by atoms with Gasteiger partial charge in [0, 0.05) is 25.3 Å². The molecule has 1 aromatic heterocycles. The zero-order valence-electron chi connectivity index (χ0n) is 12.6. The highest BCUT2D eigenvalue weighted by Gasteiger charge is 2.12. The molecule has 1 amide bonds. The van der Waals surface area contributed by atoms with Crippen LogP contribution in [0.5, 0.6) is 5.75 Å². The van der Waals surface area contributed by atoms with Crippen LogP contribution in [0.2, 0.25) is 0 Å². The molecule has 0 fully saturated rings. The zero-order chi connectivity index (χ0) is 15.8. The summed E-state index contributed by atoms with van der Waals surface area (Å²) in [5.74, 6) is 0.567. The zero-order valence-corrected chi connectivity index (χ0v) is 12.6. The summed E-state index contributed by atoms with van der Waals surface area (Å²) in [7, 11) is 3.22. The molecule has 0 aliphatic rings. The summed E-state index contributed by atoms with van der Waals surface area (Å²) in [4.78, 5) is 11.8. The van der Waals surface area contributed by atoms with Gasteiger partial charge in [0.1, 0.15) is 5.75 Å². The Morgan fingerprint density at radius 3 is 2.91 bits per heavy atom. The summed E-state index contributed by atoms with van der Waals surface area (Å²) in [6, 6.07) is 9.35. The first-order chi connectivity index (χ1) is 10.7. The van der Waals surface area contributed by atoms with E-state index in [0.29, 0.717) is 6.54 Å². The Balaban J connectivity index is 1.91. The predicted octanol–water partition coefficient (Wildman–Crippen LogP) is 2.81. The molecule has 0 radical (unpaired) electrons. The molecule has 5 nitrogen and oxygen atoms in total. The smallest absolute Gasteiger partial charge is 0.244 e. The number of amides is 1. The molecule has 0 bridgehead atoms. The first kappa shape index (κ1) is 15.9. The average molecular weight is 301 g/mol. The molecule has 1 heterocycles. The summed E-state index contributed by atoms with van der Waals surface area (Å²) in [6.45, 7) is 0.373. The van der Waals surface area contributed by atoms with E-state index < -0.39 is 0 Å². The molecule has 2 rings (SSSR count). The third kappa shape index (κ3) is 4.49. The molecule has 22 heavy (non-hydrogen) atoms. The molecule has 0 aliphatic heterocycles. The number of carbonyl (C=O) groups is 1. The first-order valence-corrected chi connectivity index (χ1v) is 6.88. The van der Waals surface area contributed by atoms with Crippen LogP contribution in [0.25, 0.3) is 6.08 Å². The van der Waals surface area contributed by atoms with Crippen molar-refractivity contribution in [2.24, 2.45) is 0 Å². The molecule has 2 aromatic rings. The van der Waals surface area contributed by atoms with E-state index in [9.17, 15) is 4.79 Å². The fourth-order valence-electron chi connectivity index (χ4n) is 1.97. The second-order valence-corrected chi connectivity index (χ2v) is 4.64. The second-order valence-electron chi connectivity index (χ2n) is 4.64. The molecular weight excluding hydrogens is 282 g/mol. The molecule has 0 saturated heterocycles. The summed E-state index contributed by atoms with van der Waals surface area (Å²) < 4.78 is 15.5. The normalized spacial score (nSPS) is 12.3. The van der Waals surface area contributed by atoms with Crippen molar-refractivity contribution >= 4 is 12.0 Å². The Kier molecular flexibility index (Phi) is 5.80. The minimum atomic E-state index is -0.235. The number of carbonyl (C=O) groups excluding carboxylic acids is 1. The lowest BCUT2D eigenvalue weighted by molar-refractivity contribution is -0.117. The Morgan fingerprint density at radius 2 is 2.23 bits per heavy atom. The van der Waals surface area contributed by atoms with Crippen LogP contribution in [-0.4, -0.2) is 26.7 Å². The fourth-order valence-corrected chi connectivity index (χ4v) is 1.97. The number of nitrogens with one attached hydrogen (secondary N) is 1. The quantitative estimate of drug-likeness (QED) is 0.799. The van der Waals surface area contributed by atoms with Crippen LogP contribution in [0.4, 0.5) is 0 Å². The highest BCUT2D eigenvalue weighted by atomic mass is 16.5. The van der Waals surface area contributed by atoms with Gasteiger partial charge in [0.15, 0.2) is 0 Å². The van der Waals surface area contributed by atoms with Crippen LogP contribution >= 0.6 is 0 Å². The fraction of sp³-hybridized carbons (Fsp3) is 0.235. The lowest BCUT2D eigenvalue weighted by Gasteiger charge is -2.16. The lowest BCUT2D eigenvalue weighted by atomic mass is 10.1. The minimum absolute atomic E-state index is 0.189. The van der Waals surface area contributed by atoms with Gasteiger partial charge in [-0.15, -0.1) is 0 Å². The van der Waals surface area contributed by atoms with Crippen molar-refractivity contribution in [3.8, 4) is 5.75 Å². The lowest BCUT2D eigenvalue weighted by Crippen LogP contribution is -2.27. The number of benzene rings is 1. The minimum Gasteiger partial charge on any atom is -0.497 e. The SMILES string of the molecule is COc1cccc([C@H](CNC(=O)/C=C/c2ccoc2)OC)c1. The van der Waals surface area contributed by atoms with Crippen molar-refractivity contribution < 1.29 is 18.7 Å². The standard InChI is InChI=1S/C17H19NO4/c1-20-15-5-3-4-14(10-15)16(21-2)11-18-17(19)7-6-13-8-9-22-12-13/h3-10,12,16H,11H2,1-2H3,(H,18,19)/b7-6+/t16-/m0/s1. The van der Waals surface area contributed by atoms with E-state index in [-0.39, 0.29) is 12.0 Å². The number of furan rings is 1. The second kappa shape index (κ2) is 8.05. The molecule has 5 heteroatoms. The first-order valence-electron chi connectivity index (χ1n) is 6.88. The highest BCUT2D eigenvalue weighted by molar-refractivity contribution is 5.91. The van der Waals surface area contributed by atoms with Crippen LogP contribution in [-0.2, 0) is 9.53 Å². The van der Waals surface area contributed by atoms with Crippen molar-refractivity contribution in [2.75, 3.05) is 20.8 Å². The van der Waals surface area contributed by atoms with Gasteiger partial charge >= 0.3 is 0 Å². The summed E-state index contributed by atoms with van der Waals surface area (Å²) in [6.07, 6.45) is 6.04. The van der Waals surface area contributed by atoms with E-state index >= 15 is 0 Å². The maximum absolute atomic E-state index is 11.8. The van der Waals surface area contributed by atoms with Crippen molar-refractivity contribution in [3.05, 3.63) is 60.1 Å². The summed E-state index contributed by atoms with van der Waals surface area (Å²) >= 11 is 0. The van der Waals surface area contributed by atoms with Crippen LogP contribution in [0.15, 0.2) is 53.4 Å². The van der Waals surface area contributed by atoms with E-state index in [1.807, 2.05) is 24.3 Å². The van der Waals surface area contributed by atoms with Crippen LogP contribution in [0, 0.1) is 0 Å². The van der Waals surface area contributed by atoms with E-state index in [0.717, 1.165) is 16.9 Å². The molecule has 1 aromatic carbocycles.